The summed E-state index contributed by atoms with van der Waals surface area (Å²) >= 11 is 1.32. The van der Waals surface area contributed by atoms with E-state index in [0.29, 0.717) is 16.5 Å². The lowest BCUT2D eigenvalue weighted by Gasteiger charge is -2.17. The molecule has 5 rings (SSSR count). The standard InChI is InChI=1S/C26H24N6OS/c1-18-9-5-7-13-22(18)31-17-28-30-26(31)34-16-24(33)29-25-21(15-27)20-12-6-8-14-23(20)32(25)19-10-3-2-4-11-19/h2-5,7,9-11,13,17H,6,8,12,14,16H2,1H3,(H,29,33). The van der Waals surface area contributed by atoms with Gasteiger partial charge in [0.15, 0.2) is 5.16 Å². The van der Waals surface area contributed by atoms with Crippen molar-refractivity contribution in [3.8, 4) is 17.4 Å². The zero-order valence-electron chi connectivity index (χ0n) is 18.9. The Bertz CT molecular complexity index is 1380. The number of hydrogen-bond donors (Lipinski definition) is 1. The molecule has 2 aromatic heterocycles. The fourth-order valence-corrected chi connectivity index (χ4v) is 5.24. The summed E-state index contributed by atoms with van der Waals surface area (Å²) < 4.78 is 3.94. The van der Waals surface area contributed by atoms with Crippen LogP contribution in [0.3, 0.4) is 0 Å². The van der Waals surface area contributed by atoms with Gasteiger partial charge in [-0.1, -0.05) is 48.2 Å². The van der Waals surface area contributed by atoms with Crippen molar-refractivity contribution < 1.29 is 4.79 Å². The number of rotatable bonds is 6. The molecule has 7 nitrogen and oxygen atoms in total. The largest absolute Gasteiger partial charge is 0.310 e. The molecular formula is C26H24N6OS. The van der Waals surface area contributed by atoms with Crippen molar-refractivity contribution in [1.29, 1.82) is 5.26 Å². The zero-order chi connectivity index (χ0) is 23.5. The molecule has 2 aromatic carbocycles. The minimum absolute atomic E-state index is 0.153. The Hall–Kier alpha value is -3.83. The number of benzene rings is 2. The molecule has 8 heteroatoms. The third-order valence-corrected chi connectivity index (χ3v) is 7.02. The van der Waals surface area contributed by atoms with Crippen LogP contribution in [0.15, 0.2) is 66.1 Å². The van der Waals surface area contributed by atoms with Crippen LogP contribution in [0.1, 0.15) is 35.2 Å². The minimum Gasteiger partial charge on any atom is -0.310 e. The average molecular weight is 469 g/mol. The van der Waals surface area contributed by atoms with E-state index in [2.05, 4.69) is 21.6 Å². The molecule has 0 bridgehead atoms. The number of aromatic nitrogens is 4. The Balaban J connectivity index is 1.41. The van der Waals surface area contributed by atoms with Crippen LogP contribution >= 0.6 is 11.8 Å². The van der Waals surface area contributed by atoms with Gasteiger partial charge in [-0.3, -0.25) is 13.9 Å². The van der Waals surface area contributed by atoms with Crippen LogP contribution in [0.25, 0.3) is 11.4 Å². The smallest absolute Gasteiger partial charge is 0.236 e. The van der Waals surface area contributed by atoms with Crippen molar-refractivity contribution in [2.45, 2.75) is 37.8 Å². The summed E-state index contributed by atoms with van der Waals surface area (Å²) in [6, 6.07) is 20.2. The van der Waals surface area contributed by atoms with E-state index in [9.17, 15) is 10.1 Å². The monoisotopic (exact) mass is 468 g/mol. The van der Waals surface area contributed by atoms with Crippen molar-refractivity contribution in [3.63, 3.8) is 0 Å². The molecule has 0 fully saturated rings. The van der Waals surface area contributed by atoms with Crippen LogP contribution in [-0.2, 0) is 17.6 Å². The first kappa shape index (κ1) is 22.0. The maximum Gasteiger partial charge on any atom is 0.236 e. The van der Waals surface area contributed by atoms with Gasteiger partial charge in [0.05, 0.1) is 17.0 Å². The molecular weight excluding hydrogens is 444 g/mol. The zero-order valence-corrected chi connectivity index (χ0v) is 19.7. The van der Waals surface area contributed by atoms with Crippen LogP contribution in [0.2, 0.25) is 0 Å². The van der Waals surface area contributed by atoms with E-state index in [1.54, 1.807) is 6.33 Å². The van der Waals surface area contributed by atoms with E-state index in [-0.39, 0.29) is 11.7 Å². The number of carbonyl (C=O) groups excluding carboxylic acids is 1. The van der Waals surface area contributed by atoms with Crippen LogP contribution in [0, 0.1) is 18.3 Å². The molecule has 2 heterocycles. The minimum atomic E-state index is -0.187. The summed E-state index contributed by atoms with van der Waals surface area (Å²) in [6.45, 7) is 2.03. The molecule has 1 aliphatic rings. The van der Waals surface area contributed by atoms with Gasteiger partial charge in [-0.25, -0.2) is 0 Å². The summed E-state index contributed by atoms with van der Waals surface area (Å²) in [7, 11) is 0. The van der Waals surface area contributed by atoms with Crippen molar-refractivity contribution >= 4 is 23.5 Å². The van der Waals surface area contributed by atoms with Crippen molar-refractivity contribution in [2.75, 3.05) is 11.1 Å². The Morgan fingerprint density at radius 2 is 1.88 bits per heavy atom. The number of thioether (sulfide) groups is 1. The van der Waals surface area contributed by atoms with Crippen LogP contribution in [0.5, 0.6) is 0 Å². The Kier molecular flexibility index (Phi) is 6.19. The molecule has 1 N–H and O–H groups in total. The average Bonchev–Trinajstić information content (AvgIpc) is 3.45. The van der Waals surface area contributed by atoms with Gasteiger partial charge < -0.3 is 5.32 Å². The first-order chi connectivity index (χ1) is 16.7. The number of nitriles is 1. The van der Waals surface area contributed by atoms with Crippen LogP contribution in [0.4, 0.5) is 5.82 Å². The van der Waals surface area contributed by atoms with Gasteiger partial charge in [0, 0.05) is 11.4 Å². The van der Waals surface area contributed by atoms with E-state index in [1.807, 2.05) is 70.7 Å². The fraction of sp³-hybridized carbons (Fsp3) is 0.231. The number of nitrogens with one attached hydrogen (secondary N) is 1. The topological polar surface area (TPSA) is 88.5 Å². The summed E-state index contributed by atoms with van der Waals surface area (Å²) in [6.07, 6.45) is 5.54. The van der Waals surface area contributed by atoms with E-state index in [1.165, 1.54) is 11.8 Å². The Morgan fingerprint density at radius 1 is 1.12 bits per heavy atom. The number of fused-ring (bicyclic) bond motifs is 1. The highest BCUT2D eigenvalue weighted by atomic mass is 32.2. The van der Waals surface area contributed by atoms with Gasteiger partial charge in [0.1, 0.15) is 18.2 Å². The summed E-state index contributed by atoms with van der Waals surface area (Å²) in [4.78, 5) is 13.1. The van der Waals surface area contributed by atoms with Crippen molar-refractivity contribution in [2.24, 2.45) is 0 Å². The lowest BCUT2D eigenvalue weighted by molar-refractivity contribution is -0.113. The van der Waals surface area contributed by atoms with E-state index < -0.39 is 0 Å². The molecule has 1 amide bonds. The van der Waals surface area contributed by atoms with Gasteiger partial charge in [0.2, 0.25) is 5.91 Å². The molecule has 170 valence electrons. The third-order valence-electron chi connectivity index (χ3n) is 6.08. The van der Waals surface area contributed by atoms with Gasteiger partial charge in [-0.2, -0.15) is 5.26 Å². The normalized spacial score (nSPS) is 12.7. The second-order valence-corrected chi connectivity index (χ2v) is 9.19. The number of nitrogens with zero attached hydrogens (tertiary/aromatic N) is 5. The Morgan fingerprint density at radius 3 is 2.68 bits per heavy atom. The maximum atomic E-state index is 13.1. The molecule has 0 radical (unpaired) electrons. The molecule has 0 spiro atoms. The first-order valence-corrected chi connectivity index (χ1v) is 12.3. The molecule has 0 aliphatic heterocycles. The quantitative estimate of drug-likeness (QED) is 0.409. The molecule has 0 saturated heterocycles. The number of anilines is 1. The highest BCUT2D eigenvalue weighted by Gasteiger charge is 2.26. The number of hydrogen-bond acceptors (Lipinski definition) is 5. The first-order valence-electron chi connectivity index (χ1n) is 11.3. The van der Waals surface area contributed by atoms with E-state index in [0.717, 1.165) is 53.9 Å². The van der Waals surface area contributed by atoms with Crippen LogP contribution in [-0.4, -0.2) is 31.0 Å². The lowest BCUT2D eigenvalue weighted by atomic mass is 9.95. The predicted molar refractivity (Wildman–Crippen MR) is 133 cm³/mol. The van der Waals surface area contributed by atoms with Gasteiger partial charge in [-0.05, 0) is 61.9 Å². The second kappa shape index (κ2) is 9.57. The molecule has 0 atom stereocenters. The SMILES string of the molecule is Cc1ccccc1-n1cnnc1SCC(=O)Nc1c(C#N)c2c(n1-c1ccccc1)CCCC2. The maximum absolute atomic E-state index is 13.1. The highest BCUT2D eigenvalue weighted by molar-refractivity contribution is 7.99. The van der Waals surface area contributed by atoms with Gasteiger partial charge in [0.25, 0.3) is 0 Å². The van der Waals surface area contributed by atoms with Crippen molar-refractivity contribution in [1.82, 2.24) is 19.3 Å². The molecule has 0 saturated carbocycles. The summed E-state index contributed by atoms with van der Waals surface area (Å²) in [5, 5.41) is 21.9. The number of para-hydroxylation sites is 2. The van der Waals surface area contributed by atoms with Gasteiger partial charge >= 0.3 is 0 Å². The molecule has 0 unspecified atom stereocenters. The fourth-order valence-electron chi connectivity index (χ4n) is 4.52. The summed E-state index contributed by atoms with van der Waals surface area (Å²) in [5.41, 5.74) is 5.77. The van der Waals surface area contributed by atoms with E-state index in [4.69, 9.17) is 0 Å². The summed E-state index contributed by atoms with van der Waals surface area (Å²) in [5.74, 6) is 0.527. The molecule has 1 aliphatic carbocycles. The highest BCUT2D eigenvalue weighted by Crippen LogP contribution is 2.35. The lowest BCUT2D eigenvalue weighted by Crippen LogP contribution is -2.18. The van der Waals surface area contributed by atoms with E-state index >= 15 is 0 Å². The number of aryl methyl sites for hydroxylation is 1. The second-order valence-electron chi connectivity index (χ2n) is 8.25. The van der Waals surface area contributed by atoms with Gasteiger partial charge in [-0.15, -0.1) is 10.2 Å². The Labute approximate surface area is 202 Å². The van der Waals surface area contributed by atoms with Crippen molar-refractivity contribution in [3.05, 3.63) is 83.3 Å². The van der Waals surface area contributed by atoms with Crippen LogP contribution < -0.4 is 5.32 Å². The third kappa shape index (κ3) is 4.11. The molecule has 4 aromatic rings. The number of amides is 1. The molecule has 34 heavy (non-hydrogen) atoms. The number of carbonyl (C=O) groups is 1. The predicted octanol–water partition coefficient (Wildman–Crippen LogP) is 4.85.